The van der Waals surface area contributed by atoms with E-state index < -0.39 is 0 Å². The van der Waals surface area contributed by atoms with Crippen LogP contribution in [0.15, 0.2) is 48.5 Å². The highest BCUT2D eigenvalue weighted by molar-refractivity contribution is 5.92. The third-order valence-electron chi connectivity index (χ3n) is 5.72. The molecule has 1 aliphatic heterocycles. The third-order valence-corrected chi connectivity index (χ3v) is 5.72. The van der Waals surface area contributed by atoms with Crippen molar-refractivity contribution in [2.24, 2.45) is 5.92 Å². The highest BCUT2D eigenvalue weighted by Crippen LogP contribution is 2.30. The lowest BCUT2D eigenvalue weighted by Gasteiger charge is -2.32. The second-order valence-corrected chi connectivity index (χ2v) is 8.07. The molecule has 4 rings (SSSR count). The van der Waals surface area contributed by atoms with E-state index in [1.807, 2.05) is 36.4 Å². The number of ether oxygens (including phenoxy) is 1. The van der Waals surface area contributed by atoms with Crippen molar-refractivity contribution in [2.45, 2.75) is 32.6 Å². The summed E-state index contributed by atoms with van der Waals surface area (Å²) >= 11 is 0. The Balaban J connectivity index is 1.41. The van der Waals surface area contributed by atoms with Crippen LogP contribution in [0.2, 0.25) is 0 Å². The number of amides is 1. The maximum absolute atomic E-state index is 12.7. The molecule has 0 aliphatic carbocycles. The SMILES string of the molecule is COc1nc2ccccc2nc1N1CCC(C(=O)Nc2ccc(C(C)C)cc2)CC1. The molecule has 2 heterocycles. The molecule has 0 spiro atoms. The van der Waals surface area contributed by atoms with Crippen LogP contribution >= 0.6 is 0 Å². The zero-order valence-electron chi connectivity index (χ0n) is 17.8. The van der Waals surface area contributed by atoms with Gasteiger partial charge in [0.05, 0.1) is 18.1 Å². The van der Waals surface area contributed by atoms with Crippen LogP contribution in [0.3, 0.4) is 0 Å². The minimum absolute atomic E-state index is 0.00886. The fraction of sp³-hybridized carbons (Fsp3) is 0.375. The molecule has 1 fully saturated rings. The number of hydrogen-bond acceptors (Lipinski definition) is 5. The summed E-state index contributed by atoms with van der Waals surface area (Å²) in [6.07, 6.45) is 1.54. The molecule has 156 valence electrons. The molecule has 1 amide bonds. The number of benzene rings is 2. The van der Waals surface area contributed by atoms with Crippen molar-refractivity contribution in [3.63, 3.8) is 0 Å². The predicted molar refractivity (Wildman–Crippen MR) is 120 cm³/mol. The fourth-order valence-corrected chi connectivity index (χ4v) is 3.87. The highest BCUT2D eigenvalue weighted by Gasteiger charge is 2.27. The van der Waals surface area contributed by atoms with E-state index in [0.717, 1.165) is 48.5 Å². The number of piperidine rings is 1. The van der Waals surface area contributed by atoms with Crippen LogP contribution in [0.25, 0.3) is 11.0 Å². The first kappa shape index (κ1) is 20.1. The normalized spacial score (nSPS) is 14.9. The van der Waals surface area contributed by atoms with E-state index in [-0.39, 0.29) is 11.8 Å². The Labute approximate surface area is 177 Å². The number of aromatic nitrogens is 2. The summed E-state index contributed by atoms with van der Waals surface area (Å²) < 4.78 is 5.49. The molecule has 2 aromatic carbocycles. The molecule has 0 saturated carbocycles. The quantitative estimate of drug-likeness (QED) is 0.672. The number of carbonyl (C=O) groups is 1. The van der Waals surface area contributed by atoms with Crippen molar-refractivity contribution in [1.82, 2.24) is 9.97 Å². The number of nitrogens with zero attached hydrogens (tertiary/aromatic N) is 3. The average Bonchev–Trinajstić information content (AvgIpc) is 2.78. The number of hydrogen-bond donors (Lipinski definition) is 1. The molecule has 1 aliphatic rings. The maximum atomic E-state index is 12.7. The van der Waals surface area contributed by atoms with Crippen LogP contribution in [-0.2, 0) is 4.79 Å². The molecule has 0 atom stereocenters. The molecule has 30 heavy (non-hydrogen) atoms. The van der Waals surface area contributed by atoms with Crippen LogP contribution < -0.4 is 15.0 Å². The van der Waals surface area contributed by atoms with Crippen LogP contribution in [0.5, 0.6) is 5.88 Å². The first-order chi connectivity index (χ1) is 14.5. The average molecular weight is 405 g/mol. The monoisotopic (exact) mass is 404 g/mol. The second-order valence-electron chi connectivity index (χ2n) is 8.07. The lowest BCUT2D eigenvalue weighted by atomic mass is 9.95. The van der Waals surface area contributed by atoms with Crippen LogP contribution in [0.4, 0.5) is 11.5 Å². The van der Waals surface area contributed by atoms with Gasteiger partial charge in [0.1, 0.15) is 0 Å². The summed E-state index contributed by atoms with van der Waals surface area (Å²) in [6.45, 7) is 5.81. The van der Waals surface area contributed by atoms with Gasteiger partial charge in [-0.1, -0.05) is 38.1 Å². The van der Waals surface area contributed by atoms with Gasteiger partial charge < -0.3 is 15.0 Å². The van der Waals surface area contributed by atoms with E-state index in [4.69, 9.17) is 9.72 Å². The van der Waals surface area contributed by atoms with Crippen molar-refractivity contribution < 1.29 is 9.53 Å². The molecular formula is C24H28N4O2. The summed E-state index contributed by atoms with van der Waals surface area (Å²) in [5.74, 6) is 1.84. The maximum Gasteiger partial charge on any atom is 0.257 e. The molecule has 1 saturated heterocycles. The lowest BCUT2D eigenvalue weighted by molar-refractivity contribution is -0.120. The standard InChI is InChI=1S/C24H28N4O2/c1-16(2)17-8-10-19(11-9-17)25-23(29)18-12-14-28(15-13-18)22-24(30-3)27-21-7-5-4-6-20(21)26-22/h4-11,16,18H,12-15H2,1-3H3,(H,25,29). The molecule has 6 nitrogen and oxygen atoms in total. The lowest BCUT2D eigenvalue weighted by Crippen LogP contribution is -2.38. The molecule has 0 bridgehead atoms. The highest BCUT2D eigenvalue weighted by atomic mass is 16.5. The molecule has 3 aromatic rings. The Morgan fingerprint density at radius 1 is 1.03 bits per heavy atom. The van der Waals surface area contributed by atoms with Gasteiger partial charge in [0.25, 0.3) is 5.88 Å². The molecule has 6 heteroatoms. The Bertz CT molecular complexity index is 1030. The number of fused-ring (bicyclic) bond motifs is 1. The van der Waals surface area contributed by atoms with E-state index >= 15 is 0 Å². The summed E-state index contributed by atoms with van der Waals surface area (Å²) in [6, 6.07) is 15.9. The van der Waals surface area contributed by atoms with Crippen molar-refractivity contribution in [1.29, 1.82) is 0 Å². The van der Waals surface area contributed by atoms with E-state index in [1.54, 1.807) is 7.11 Å². The largest absolute Gasteiger partial charge is 0.478 e. The Morgan fingerprint density at radius 2 is 1.67 bits per heavy atom. The van der Waals surface area contributed by atoms with E-state index in [2.05, 4.69) is 41.2 Å². The Morgan fingerprint density at radius 3 is 2.27 bits per heavy atom. The van der Waals surface area contributed by atoms with Crippen molar-refractivity contribution in [3.05, 3.63) is 54.1 Å². The zero-order chi connectivity index (χ0) is 21.1. The second kappa shape index (κ2) is 8.69. The number of methoxy groups -OCH3 is 1. The smallest absolute Gasteiger partial charge is 0.257 e. The molecular weight excluding hydrogens is 376 g/mol. The summed E-state index contributed by atoms with van der Waals surface area (Å²) in [7, 11) is 1.62. The van der Waals surface area contributed by atoms with Gasteiger partial charge in [0.2, 0.25) is 5.91 Å². The number of anilines is 2. The van der Waals surface area contributed by atoms with E-state index in [0.29, 0.717) is 11.8 Å². The van der Waals surface area contributed by atoms with E-state index in [1.165, 1.54) is 5.56 Å². The predicted octanol–water partition coefficient (Wildman–Crippen LogP) is 4.62. The Hall–Kier alpha value is -3.15. The van der Waals surface area contributed by atoms with Crippen molar-refractivity contribution >= 4 is 28.4 Å². The molecule has 0 unspecified atom stereocenters. The van der Waals surface area contributed by atoms with Crippen LogP contribution in [0, 0.1) is 5.92 Å². The van der Waals surface area contributed by atoms with E-state index in [9.17, 15) is 4.79 Å². The van der Waals surface area contributed by atoms with Gasteiger partial charge in [-0.2, -0.15) is 0 Å². The van der Waals surface area contributed by atoms with Gasteiger partial charge in [0.15, 0.2) is 5.82 Å². The summed E-state index contributed by atoms with van der Waals surface area (Å²) in [5, 5.41) is 3.07. The van der Waals surface area contributed by atoms with Crippen molar-refractivity contribution in [3.8, 4) is 5.88 Å². The summed E-state index contributed by atoms with van der Waals surface area (Å²) in [4.78, 5) is 24.3. The Kier molecular flexibility index (Phi) is 5.84. The fourth-order valence-electron chi connectivity index (χ4n) is 3.87. The van der Waals surface area contributed by atoms with Gasteiger partial charge in [-0.3, -0.25) is 4.79 Å². The molecule has 1 aromatic heterocycles. The zero-order valence-corrected chi connectivity index (χ0v) is 17.8. The molecule has 0 radical (unpaired) electrons. The topological polar surface area (TPSA) is 67.4 Å². The minimum Gasteiger partial charge on any atom is -0.478 e. The van der Waals surface area contributed by atoms with Gasteiger partial charge in [0, 0.05) is 24.7 Å². The van der Waals surface area contributed by atoms with Gasteiger partial charge in [-0.15, -0.1) is 0 Å². The molecule has 1 N–H and O–H groups in total. The number of rotatable bonds is 5. The van der Waals surface area contributed by atoms with Gasteiger partial charge in [-0.05, 0) is 48.6 Å². The van der Waals surface area contributed by atoms with Crippen molar-refractivity contribution in [2.75, 3.05) is 30.4 Å². The van der Waals surface area contributed by atoms with Crippen LogP contribution in [0.1, 0.15) is 38.2 Å². The minimum atomic E-state index is -0.00886. The van der Waals surface area contributed by atoms with Gasteiger partial charge >= 0.3 is 0 Å². The number of nitrogens with one attached hydrogen (secondary N) is 1. The number of carbonyl (C=O) groups excluding carboxylic acids is 1. The van der Waals surface area contributed by atoms with Crippen LogP contribution in [-0.4, -0.2) is 36.1 Å². The van der Waals surface area contributed by atoms with Gasteiger partial charge in [-0.25, -0.2) is 9.97 Å². The first-order valence-corrected chi connectivity index (χ1v) is 10.5. The number of para-hydroxylation sites is 2. The summed E-state index contributed by atoms with van der Waals surface area (Å²) in [5.41, 5.74) is 3.79. The third kappa shape index (κ3) is 4.22. The first-order valence-electron chi connectivity index (χ1n) is 10.5.